The van der Waals surface area contributed by atoms with Crippen LogP contribution in [-0.2, 0) is 0 Å². The van der Waals surface area contributed by atoms with Gasteiger partial charge in [0.2, 0.25) is 0 Å². The number of nitrogens with one attached hydrogen (secondary N) is 1. The van der Waals surface area contributed by atoms with Gasteiger partial charge in [0.25, 0.3) is 0 Å². The summed E-state index contributed by atoms with van der Waals surface area (Å²) >= 11 is 6.03. The molecule has 0 fully saturated rings. The molecule has 0 unspecified atom stereocenters. The van der Waals surface area contributed by atoms with Gasteiger partial charge in [-0.3, -0.25) is 0 Å². The topological polar surface area (TPSA) is 47.0 Å². The predicted molar refractivity (Wildman–Crippen MR) is 82.0 cm³/mol. The number of halogens is 1. The molecule has 0 saturated carbocycles. The summed E-state index contributed by atoms with van der Waals surface area (Å²) in [5, 5.41) is 3.66. The van der Waals surface area contributed by atoms with Crippen LogP contribution in [0.3, 0.4) is 0 Å². The first-order chi connectivity index (χ1) is 9.58. The van der Waals surface area contributed by atoms with Gasteiger partial charge in [0.15, 0.2) is 0 Å². The molecular formula is C15H18ClN3O. The van der Waals surface area contributed by atoms with Gasteiger partial charge in [-0.25, -0.2) is 9.97 Å². The maximum absolute atomic E-state index is 6.03. The lowest BCUT2D eigenvalue weighted by Gasteiger charge is -2.10. The van der Waals surface area contributed by atoms with E-state index >= 15 is 0 Å². The lowest BCUT2D eigenvalue weighted by molar-refractivity contribution is 0.340. The molecule has 2 aromatic rings. The molecule has 0 atom stereocenters. The third kappa shape index (κ3) is 3.84. The predicted octanol–water partition coefficient (Wildman–Crippen LogP) is 4.40. The highest BCUT2D eigenvalue weighted by molar-refractivity contribution is 6.29. The highest BCUT2D eigenvalue weighted by Crippen LogP contribution is 2.23. The molecule has 0 aliphatic rings. The van der Waals surface area contributed by atoms with E-state index in [9.17, 15) is 0 Å². The quantitative estimate of drug-likeness (QED) is 0.830. The Balaban J connectivity index is 2.23. The Hall–Kier alpha value is -1.81. The molecule has 0 radical (unpaired) electrons. The molecule has 5 heteroatoms. The zero-order valence-corrected chi connectivity index (χ0v) is 12.6. The fourth-order valence-corrected chi connectivity index (χ4v) is 1.93. The van der Waals surface area contributed by atoms with Crippen molar-refractivity contribution in [2.24, 2.45) is 0 Å². The lowest BCUT2D eigenvalue weighted by Crippen LogP contribution is -2.02. The minimum Gasteiger partial charge on any atom is -0.494 e. The zero-order chi connectivity index (χ0) is 14.5. The summed E-state index contributed by atoms with van der Waals surface area (Å²) in [6.45, 7) is 6.66. The van der Waals surface area contributed by atoms with Crippen molar-refractivity contribution in [2.75, 3.05) is 11.9 Å². The third-order valence-electron chi connectivity index (χ3n) is 2.65. The van der Waals surface area contributed by atoms with E-state index in [0.717, 1.165) is 17.3 Å². The van der Waals surface area contributed by atoms with Gasteiger partial charge in [-0.1, -0.05) is 31.5 Å². The smallest absolute Gasteiger partial charge is 0.135 e. The molecule has 106 valence electrons. The largest absolute Gasteiger partial charge is 0.494 e. The number of nitrogens with zero attached hydrogens (tertiary/aromatic N) is 2. The minimum atomic E-state index is 0.226. The fraction of sp³-hybridized carbons (Fsp3) is 0.333. The van der Waals surface area contributed by atoms with E-state index in [2.05, 4.69) is 15.3 Å². The number of aromatic nitrogens is 2. The number of ether oxygens (including phenoxy) is 1. The Labute approximate surface area is 124 Å². The van der Waals surface area contributed by atoms with Crippen LogP contribution in [-0.4, -0.2) is 16.6 Å². The van der Waals surface area contributed by atoms with Crippen LogP contribution >= 0.6 is 11.6 Å². The van der Waals surface area contributed by atoms with Gasteiger partial charge in [-0.2, -0.15) is 0 Å². The van der Waals surface area contributed by atoms with Crippen molar-refractivity contribution in [3.63, 3.8) is 0 Å². The minimum absolute atomic E-state index is 0.226. The first-order valence-electron chi connectivity index (χ1n) is 6.63. The van der Waals surface area contributed by atoms with Crippen LogP contribution in [0.2, 0.25) is 5.15 Å². The number of rotatable bonds is 5. The van der Waals surface area contributed by atoms with Crippen LogP contribution in [0.5, 0.6) is 5.75 Å². The van der Waals surface area contributed by atoms with E-state index in [-0.39, 0.29) is 5.92 Å². The Morgan fingerprint density at radius 2 is 2.05 bits per heavy atom. The van der Waals surface area contributed by atoms with E-state index in [0.29, 0.717) is 17.6 Å². The highest BCUT2D eigenvalue weighted by Gasteiger charge is 2.07. The van der Waals surface area contributed by atoms with Crippen LogP contribution in [0.1, 0.15) is 32.5 Å². The first kappa shape index (κ1) is 14.6. The second kappa shape index (κ2) is 6.57. The molecule has 20 heavy (non-hydrogen) atoms. The molecular weight excluding hydrogens is 274 g/mol. The van der Waals surface area contributed by atoms with E-state index in [1.54, 1.807) is 6.07 Å². The average molecular weight is 292 g/mol. The number of hydrogen-bond donors (Lipinski definition) is 1. The number of hydrogen-bond acceptors (Lipinski definition) is 4. The average Bonchev–Trinajstić information content (AvgIpc) is 2.38. The number of benzene rings is 1. The molecule has 2 rings (SSSR count). The van der Waals surface area contributed by atoms with Gasteiger partial charge in [-0.15, -0.1) is 0 Å². The summed E-state index contributed by atoms with van der Waals surface area (Å²) < 4.78 is 5.47. The standard InChI is InChI=1S/C15H18ClN3O/c1-4-20-12-7-5-6-11(8-12)17-14-9-13(16)18-15(19-14)10(2)3/h5-10H,4H2,1-3H3,(H,17,18,19). The normalized spacial score (nSPS) is 10.7. The van der Waals surface area contributed by atoms with Gasteiger partial charge in [-0.05, 0) is 19.1 Å². The van der Waals surface area contributed by atoms with Crippen molar-refractivity contribution >= 4 is 23.1 Å². The van der Waals surface area contributed by atoms with Crippen molar-refractivity contribution in [1.29, 1.82) is 0 Å². The Kier molecular flexibility index (Phi) is 4.79. The first-order valence-corrected chi connectivity index (χ1v) is 7.00. The summed E-state index contributed by atoms with van der Waals surface area (Å²) in [4.78, 5) is 8.67. The fourth-order valence-electron chi connectivity index (χ4n) is 1.74. The van der Waals surface area contributed by atoms with Crippen molar-refractivity contribution in [3.8, 4) is 5.75 Å². The van der Waals surface area contributed by atoms with Crippen LogP contribution < -0.4 is 10.1 Å². The molecule has 0 aliphatic carbocycles. The second-order valence-electron chi connectivity index (χ2n) is 4.67. The van der Waals surface area contributed by atoms with E-state index in [1.807, 2.05) is 45.0 Å². The van der Waals surface area contributed by atoms with Crippen molar-refractivity contribution in [1.82, 2.24) is 9.97 Å². The molecule has 0 spiro atoms. The van der Waals surface area contributed by atoms with Gasteiger partial charge in [0, 0.05) is 23.7 Å². The van der Waals surface area contributed by atoms with E-state index in [4.69, 9.17) is 16.3 Å². The maximum atomic E-state index is 6.03. The molecule has 1 aromatic heterocycles. The Morgan fingerprint density at radius 1 is 1.25 bits per heavy atom. The summed E-state index contributed by atoms with van der Waals surface area (Å²) in [7, 11) is 0. The lowest BCUT2D eigenvalue weighted by atomic mass is 10.2. The zero-order valence-electron chi connectivity index (χ0n) is 11.9. The third-order valence-corrected chi connectivity index (χ3v) is 2.84. The molecule has 1 heterocycles. The van der Waals surface area contributed by atoms with Crippen molar-refractivity contribution in [2.45, 2.75) is 26.7 Å². The Bertz CT molecular complexity index is 587. The van der Waals surface area contributed by atoms with Gasteiger partial charge in [0.05, 0.1) is 6.61 Å². The van der Waals surface area contributed by atoms with Crippen molar-refractivity contribution in [3.05, 3.63) is 41.3 Å². The summed E-state index contributed by atoms with van der Waals surface area (Å²) in [6.07, 6.45) is 0. The second-order valence-corrected chi connectivity index (χ2v) is 5.06. The van der Waals surface area contributed by atoms with Crippen LogP contribution in [0, 0.1) is 0 Å². The summed E-state index contributed by atoms with van der Waals surface area (Å²) in [5.74, 6) is 2.45. The Morgan fingerprint density at radius 3 is 2.75 bits per heavy atom. The van der Waals surface area contributed by atoms with E-state index in [1.165, 1.54) is 0 Å². The van der Waals surface area contributed by atoms with Gasteiger partial charge in [0.1, 0.15) is 22.5 Å². The molecule has 0 saturated heterocycles. The molecule has 0 bridgehead atoms. The van der Waals surface area contributed by atoms with Gasteiger partial charge < -0.3 is 10.1 Å². The summed E-state index contributed by atoms with van der Waals surface area (Å²) in [6, 6.07) is 9.43. The molecule has 1 N–H and O–H groups in total. The number of anilines is 2. The van der Waals surface area contributed by atoms with Crippen LogP contribution in [0.25, 0.3) is 0 Å². The molecule has 4 nitrogen and oxygen atoms in total. The highest BCUT2D eigenvalue weighted by atomic mass is 35.5. The molecule has 0 aliphatic heterocycles. The maximum Gasteiger partial charge on any atom is 0.135 e. The monoisotopic (exact) mass is 291 g/mol. The van der Waals surface area contributed by atoms with Crippen LogP contribution in [0.4, 0.5) is 11.5 Å². The van der Waals surface area contributed by atoms with Crippen molar-refractivity contribution < 1.29 is 4.74 Å². The summed E-state index contributed by atoms with van der Waals surface area (Å²) in [5.41, 5.74) is 0.903. The SMILES string of the molecule is CCOc1cccc(Nc2cc(Cl)nc(C(C)C)n2)c1. The van der Waals surface area contributed by atoms with E-state index < -0.39 is 0 Å². The molecule has 0 amide bonds. The van der Waals surface area contributed by atoms with Gasteiger partial charge >= 0.3 is 0 Å². The van der Waals surface area contributed by atoms with Crippen LogP contribution in [0.15, 0.2) is 30.3 Å². The molecule has 1 aromatic carbocycles.